The normalized spacial score (nSPS) is 10.3. The number of ether oxygens (including phenoxy) is 1. The number of halogens is 1. The predicted molar refractivity (Wildman–Crippen MR) is 71.2 cm³/mol. The molecule has 0 aliphatic rings. The van der Waals surface area contributed by atoms with Gasteiger partial charge in [0, 0.05) is 11.3 Å². The van der Waals surface area contributed by atoms with E-state index in [1.54, 1.807) is 25.4 Å². The summed E-state index contributed by atoms with van der Waals surface area (Å²) in [7, 11) is 1.57. The molecule has 0 unspecified atom stereocenters. The van der Waals surface area contributed by atoms with Crippen LogP contribution >= 0.6 is 11.8 Å². The van der Waals surface area contributed by atoms with Gasteiger partial charge in [-0.1, -0.05) is 0 Å². The predicted octanol–water partition coefficient (Wildman–Crippen LogP) is 3.10. The number of benzene rings is 1. The highest BCUT2D eigenvalue weighted by atomic mass is 32.2. The topological polar surface area (TPSA) is 48.1 Å². The number of methoxy groups -OCH3 is 1. The van der Waals surface area contributed by atoms with Gasteiger partial charge >= 0.3 is 0 Å². The zero-order chi connectivity index (χ0) is 13.0. The second-order valence-electron chi connectivity index (χ2n) is 3.67. The lowest BCUT2D eigenvalue weighted by molar-refractivity contribution is 0.410. The molecule has 0 radical (unpaired) electrons. The van der Waals surface area contributed by atoms with Crippen molar-refractivity contribution in [1.82, 2.24) is 4.98 Å². The monoisotopic (exact) mass is 264 g/mol. The Balaban J connectivity index is 2.09. The molecule has 2 rings (SSSR count). The fourth-order valence-electron chi connectivity index (χ4n) is 1.49. The molecule has 1 heterocycles. The van der Waals surface area contributed by atoms with Gasteiger partial charge in [-0.2, -0.15) is 0 Å². The van der Waals surface area contributed by atoms with Crippen molar-refractivity contribution in [3.63, 3.8) is 0 Å². The van der Waals surface area contributed by atoms with Gasteiger partial charge in [-0.15, -0.1) is 11.8 Å². The highest BCUT2D eigenvalue weighted by Crippen LogP contribution is 2.27. The molecule has 5 heteroatoms. The van der Waals surface area contributed by atoms with Gasteiger partial charge in [-0.25, -0.2) is 9.37 Å². The molecule has 94 valence electrons. The minimum absolute atomic E-state index is 0.267. The molecule has 18 heavy (non-hydrogen) atoms. The molecule has 0 amide bonds. The van der Waals surface area contributed by atoms with Crippen molar-refractivity contribution in [2.75, 3.05) is 12.8 Å². The molecule has 0 aliphatic carbocycles. The van der Waals surface area contributed by atoms with E-state index in [0.717, 1.165) is 10.6 Å². The van der Waals surface area contributed by atoms with Gasteiger partial charge in [-0.05, 0) is 30.3 Å². The van der Waals surface area contributed by atoms with Crippen LogP contribution in [0.5, 0.6) is 5.75 Å². The van der Waals surface area contributed by atoms with Crippen LogP contribution in [0.3, 0.4) is 0 Å². The minimum atomic E-state index is -0.267. The summed E-state index contributed by atoms with van der Waals surface area (Å²) in [5.74, 6) is 1.01. The number of nitrogens with two attached hydrogens (primary N) is 1. The van der Waals surface area contributed by atoms with Gasteiger partial charge in [0.05, 0.1) is 24.0 Å². The maximum atomic E-state index is 13.2. The first-order chi connectivity index (χ1) is 8.69. The van der Waals surface area contributed by atoms with E-state index in [-0.39, 0.29) is 5.82 Å². The fourth-order valence-corrected chi connectivity index (χ4v) is 2.31. The minimum Gasteiger partial charge on any atom is -0.496 e. The number of nitrogens with zero attached hydrogens (tertiary/aromatic N) is 1. The van der Waals surface area contributed by atoms with Crippen LogP contribution in [-0.4, -0.2) is 12.1 Å². The summed E-state index contributed by atoms with van der Waals surface area (Å²) >= 11 is 1.51. The van der Waals surface area contributed by atoms with Crippen molar-refractivity contribution in [3.05, 3.63) is 47.9 Å². The zero-order valence-electron chi connectivity index (χ0n) is 9.89. The Morgan fingerprint density at radius 1 is 1.33 bits per heavy atom. The molecule has 1 aromatic heterocycles. The molecule has 0 bridgehead atoms. The summed E-state index contributed by atoms with van der Waals surface area (Å²) in [6.45, 7) is 0. The van der Waals surface area contributed by atoms with Gasteiger partial charge in [-0.3, -0.25) is 0 Å². The summed E-state index contributed by atoms with van der Waals surface area (Å²) in [5, 5.41) is 0.843. The van der Waals surface area contributed by atoms with Crippen LogP contribution in [0.4, 0.5) is 10.1 Å². The Kier molecular flexibility index (Phi) is 4.04. The number of nitrogen functional groups attached to an aromatic ring is 1. The number of pyridine rings is 1. The number of rotatable bonds is 4. The Morgan fingerprint density at radius 3 is 2.83 bits per heavy atom. The van der Waals surface area contributed by atoms with E-state index in [4.69, 9.17) is 10.5 Å². The third-order valence-electron chi connectivity index (χ3n) is 2.38. The average Bonchev–Trinajstić information content (AvgIpc) is 2.38. The lowest BCUT2D eigenvalue weighted by atomic mass is 10.2. The number of hydrogen-bond donors (Lipinski definition) is 1. The van der Waals surface area contributed by atoms with Crippen molar-refractivity contribution in [1.29, 1.82) is 0 Å². The van der Waals surface area contributed by atoms with E-state index >= 15 is 0 Å². The van der Waals surface area contributed by atoms with Gasteiger partial charge in [0.15, 0.2) is 0 Å². The number of anilines is 1. The average molecular weight is 264 g/mol. The van der Waals surface area contributed by atoms with Crippen LogP contribution in [0, 0.1) is 5.82 Å². The molecule has 0 atom stereocenters. The molecule has 2 N–H and O–H groups in total. The van der Waals surface area contributed by atoms with E-state index < -0.39 is 0 Å². The lowest BCUT2D eigenvalue weighted by Crippen LogP contribution is -1.92. The lowest BCUT2D eigenvalue weighted by Gasteiger charge is -2.08. The molecule has 3 nitrogen and oxygen atoms in total. The van der Waals surface area contributed by atoms with Crippen molar-refractivity contribution >= 4 is 17.4 Å². The second kappa shape index (κ2) is 5.73. The van der Waals surface area contributed by atoms with E-state index in [2.05, 4.69) is 4.98 Å². The first-order valence-corrected chi connectivity index (χ1v) is 6.34. The third kappa shape index (κ3) is 3.13. The maximum absolute atomic E-state index is 13.2. The molecule has 0 fully saturated rings. The number of hydrogen-bond acceptors (Lipinski definition) is 4. The zero-order valence-corrected chi connectivity index (χ0v) is 10.7. The molecule has 0 spiro atoms. The summed E-state index contributed by atoms with van der Waals surface area (Å²) in [6.07, 6.45) is 1.60. The molecular formula is C13H13FN2OS. The van der Waals surface area contributed by atoms with E-state index in [9.17, 15) is 4.39 Å². The van der Waals surface area contributed by atoms with Crippen molar-refractivity contribution in [2.24, 2.45) is 0 Å². The molecule has 2 aromatic rings. The fraction of sp³-hybridized carbons (Fsp3) is 0.154. The van der Waals surface area contributed by atoms with Crippen LogP contribution < -0.4 is 10.5 Å². The standard InChI is InChI=1S/C13H13FN2OS/c1-17-12-4-2-10(14)6-9(12)8-18-13-5-3-11(15)7-16-13/h2-7H,8,15H2,1H3. The second-order valence-corrected chi connectivity index (χ2v) is 4.67. The largest absolute Gasteiger partial charge is 0.496 e. The van der Waals surface area contributed by atoms with Gasteiger partial charge < -0.3 is 10.5 Å². The third-order valence-corrected chi connectivity index (χ3v) is 3.37. The smallest absolute Gasteiger partial charge is 0.123 e. The van der Waals surface area contributed by atoms with Crippen LogP contribution in [0.15, 0.2) is 41.6 Å². The van der Waals surface area contributed by atoms with Crippen molar-refractivity contribution < 1.29 is 9.13 Å². The van der Waals surface area contributed by atoms with Gasteiger partial charge in [0.2, 0.25) is 0 Å². The molecule has 1 aromatic carbocycles. The first kappa shape index (κ1) is 12.7. The Labute approximate surface area is 109 Å². The van der Waals surface area contributed by atoms with E-state index in [1.165, 1.54) is 23.9 Å². The van der Waals surface area contributed by atoms with Crippen LogP contribution in [-0.2, 0) is 5.75 Å². The molecule has 0 saturated heterocycles. The Morgan fingerprint density at radius 2 is 2.17 bits per heavy atom. The Bertz CT molecular complexity index is 531. The Hall–Kier alpha value is -1.75. The summed E-state index contributed by atoms with van der Waals surface area (Å²) in [4.78, 5) is 4.17. The van der Waals surface area contributed by atoms with Crippen LogP contribution in [0.1, 0.15) is 5.56 Å². The van der Waals surface area contributed by atoms with Crippen LogP contribution in [0.2, 0.25) is 0 Å². The SMILES string of the molecule is COc1ccc(F)cc1CSc1ccc(N)cn1. The van der Waals surface area contributed by atoms with Crippen LogP contribution in [0.25, 0.3) is 0 Å². The molecule has 0 aliphatic heterocycles. The first-order valence-electron chi connectivity index (χ1n) is 5.36. The summed E-state index contributed by atoms with van der Waals surface area (Å²) < 4.78 is 18.4. The summed E-state index contributed by atoms with van der Waals surface area (Å²) in [5.41, 5.74) is 6.99. The van der Waals surface area contributed by atoms with Crippen molar-refractivity contribution in [2.45, 2.75) is 10.8 Å². The van der Waals surface area contributed by atoms with E-state index in [0.29, 0.717) is 17.2 Å². The summed E-state index contributed by atoms with van der Waals surface area (Å²) in [6, 6.07) is 8.11. The highest BCUT2D eigenvalue weighted by Gasteiger charge is 2.06. The molecule has 0 saturated carbocycles. The van der Waals surface area contributed by atoms with Gasteiger partial charge in [0.25, 0.3) is 0 Å². The highest BCUT2D eigenvalue weighted by molar-refractivity contribution is 7.98. The number of aromatic nitrogens is 1. The van der Waals surface area contributed by atoms with Gasteiger partial charge in [0.1, 0.15) is 11.6 Å². The van der Waals surface area contributed by atoms with Crippen molar-refractivity contribution in [3.8, 4) is 5.75 Å². The maximum Gasteiger partial charge on any atom is 0.123 e. The number of thioether (sulfide) groups is 1. The molecular weight excluding hydrogens is 251 g/mol. The van der Waals surface area contributed by atoms with E-state index in [1.807, 2.05) is 6.07 Å². The quantitative estimate of drug-likeness (QED) is 0.862.